The van der Waals surface area contributed by atoms with Gasteiger partial charge in [-0.15, -0.1) is 10.2 Å². The van der Waals surface area contributed by atoms with Gasteiger partial charge in [0.25, 0.3) is 0 Å². The Balaban J connectivity index is 1.62. The van der Waals surface area contributed by atoms with Gasteiger partial charge < -0.3 is 4.74 Å². The van der Waals surface area contributed by atoms with Gasteiger partial charge in [-0.3, -0.25) is 14.3 Å². The van der Waals surface area contributed by atoms with Gasteiger partial charge in [0.05, 0.1) is 19.1 Å². The van der Waals surface area contributed by atoms with Crippen LogP contribution in [0.5, 0.6) is 5.75 Å². The molecular weight excluding hydrogens is 386 g/mol. The van der Waals surface area contributed by atoms with Crippen molar-refractivity contribution in [2.45, 2.75) is 5.16 Å². The van der Waals surface area contributed by atoms with Gasteiger partial charge in [-0.1, -0.05) is 30.0 Å². The molecule has 0 aliphatic carbocycles. The zero-order valence-corrected chi connectivity index (χ0v) is 16.4. The predicted molar refractivity (Wildman–Crippen MR) is 110 cm³/mol. The number of Topliss-reactive ketones (excluding diaryl/α,β-unsaturated/α-hetero) is 1. The van der Waals surface area contributed by atoms with Crippen LogP contribution >= 0.6 is 11.8 Å². The largest absolute Gasteiger partial charge is 0.497 e. The Morgan fingerprint density at radius 1 is 1.03 bits per heavy atom. The highest BCUT2D eigenvalue weighted by Crippen LogP contribution is 2.27. The Labute approximate surface area is 171 Å². The summed E-state index contributed by atoms with van der Waals surface area (Å²) >= 11 is 1.33. The fourth-order valence-corrected chi connectivity index (χ4v) is 3.59. The molecule has 0 amide bonds. The summed E-state index contributed by atoms with van der Waals surface area (Å²) in [6.45, 7) is 0. The number of ketones is 1. The zero-order valence-electron chi connectivity index (χ0n) is 15.6. The van der Waals surface area contributed by atoms with E-state index in [1.54, 1.807) is 50.0 Å². The number of aromatic nitrogens is 5. The minimum Gasteiger partial charge on any atom is -0.497 e. The standard InChI is InChI=1S/C21H17N5O2S/c1-28-17-9-7-15(8-10-17)19(27)14-29-21-25-24-20(18-13-22-11-12-23-18)26(21)16-5-3-2-4-6-16/h2-13H,14H2,1H3. The highest BCUT2D eigenvalue weighted by molar-refractivity contribution is 7.99. The first-order valence-corrected chi connectivity index (χ1v) is 9.82. The van der Waals surface area contributed by atoms with E-state index in [1.807, 2.05) is 34.9 Å². The number of carbonyl (C=O) groups is 1. The van der Waals surface area contributed by atoms with Crippen molar-refractivity contribution in [3.8, 4) is 23.0 Å². The molecule has 29 heavy (non-hydrogen) atoms. The first kappa shape index (κ1) is 18.8. The minimum absolute atomic E-state index is 0.00122. The maximum absolute atomic E-state index is 12.6. The number of methoxy groups -OCH3 is 1. The molecule has 2 heterocycles. The maximum Gasteiger partial charge on any atom is 0.196 e. The molecule has 0 N–H and O–H groups in total. The summed E-state index contributed by atoms with van der Waals surface area (Å²) in [5.74, 6) is 1.52. The normalized spacial score (nSPS) is 10.7. The number of rotatable bonds is 7. The van der Waals surface area contributed by atoms with Crippen LogP contribution < -0.4 is 4.74 Å². The number of hydrogen-bond acceptors (Lipinski definition) is 7. The average Bonchev–Trinajstić information content (AvgIpc) is 3.22. The van der Waals surface area contributed by atoms with Crippen LogP contribution in [0.3, 0.4) is 0 Å². The Kier molecular flexibility index (Phi) is 5.62. The van der Waals surface area contributed by atoms with E-state index in [2.05, 4.69) is 20.2 Å². The third-order valence-corrected chi connectivity index (χ3v) is 5.11. The lowest BCUT2D eigenvalue weighted by Crippen LogP contribution is -2.05. The molecule has 0 aliphatic heterocycles. The van der Waals surface area contributed by atoms with E-state index in [9.17, 15) is 4.79 Å². The Hall–Kier alpha value is -3.52. The highest BCUT2D eigenvalue weighted by atomic mass is 32.2. The number of carbonyl (C=O) groups excluding carboxylic acids is 1. The molecule has 4 aromatic rings. The van der Waals surface area contributed by atoms with Gasteiger partial charge in [-0.2, -0.15) is 0 Å². The molecular formula is C21H17N5O2S. The lowest BCUT2D eigenvalue weighted by atomic mass is 10.1. The van der Waals surface area contributed by atoms with Crippen molar-refractivity contribution < 1.29 is 9.53 Å². The van der Waals surface area contributed by atoms with Crippen LogP contribution in [0.25, 0.3) is 17.2 Å². The van der Waals surface area contributed by atoms with Crippen molar-refractivity contribution in [3.63, 3.8) is 0 Å². The van der Waals surface area contributed by atoms with Crippen LogP contribution in [0, 0.1) is 0 Å². The summed E-state index contributed by atoms with van der Waals surface area (Å²) in [5.41, 5.74) is 2.12. The molecule has 4 rings (SSSR count). The molecule has 0 spiro atoms. The van der Waals surface area contributed by atoms with Crippen LogP contribution in [0.2, 0.25) is 0 Å². The second kappa shape index (κ2) is 8.66. The summed E-state index contributed by atoms with van der Waals surface area (Å²) < 4.78 is 7.02. The highest BCUT2D eigenvalue weighted by Gasteiger charge is 2.18. The molecule has 8 heteroatoms. The molecule has 0 radical (unpaired) electrons. The van der Waals surface area contributed by atoms with Crippen molar-refractivity contribution >= 4 is 17.5 Å². The molecule has 0 unspecified atom stereocenters. The monoisotopic (exact) mass is 403 g/mol. The zero-order chi connectivity index (χ0) is 20.1. The van der Waals surface area contributed by atoms with Crippen molar-refractivity contribution in [2.75, 3.05) is 12.9 Å². The van der Waals surface area contributed by atoms with E-state index in [-0.39, 0.29) is 11.5 Å². The molecule has 144 valence electrons. The van der Waals surface area contributed by atoms with E-state index in [0.29, 0.717) is 28.0 Å². The number of nitrogens with zero attached hydrogens (tertiary/aromatic N) is 5. The van der Waals surface area contributed by atoms with Gasteiger partial charge in [0.15, 0.2) is 16.8 Å². The smallest absolute Gasteiger partial charge is 0.196 e. The molecule has 0 atom stereocenters. The first-order valence-electron chi connectivity index (χ1n) is 8.83. The molecule has 2 aromatic carbocycles. The van der Waals surface area contributed by atoms with Gasteiger partial charge in [-0.05, 0) is 36.4 Å². The van der Waals surface area contributed by atoms with E-state index < -0.39 is 0 Å². The third kappa shape index (κ3) is 4.17. The van der Waals surface area contributed by atoms with E-state index in [1.165, 1.54) is 11.8 Å². The van der Waals surface area contributed by atoms with E-state index in [0.717, 1.165) is 5.69 Å². The first-order chi connectivity index (χ1) is 14.3. The second-order valence-electron chi connectivity index (χ2n) is 6.01. The molecule has 0 aliphatic rings. The lowest BCUT2D eigenvalue weighted by molar-refractivity contribution is 0.102. The van der Waals surface area contributed by atoms with Gasteiger partial charge in [0.2, 0.25) is 0 Å². The number of para-hydroxylation sites is 1. The number of ether oxygens (including phenoxy) is 1. The summed E-state index contributed by atoms with van der Waals surface area (Å²) in [6, 6.07) is 16.8. The number of hydrogen-bond donors (Lipinski definition) is 0. The lowest BCUT2D eigenvalue weighted by Gasteiger charge is -2.09. The minimum atomic E-state index is 0.00122. The summed E-state index contributed by atoms with van der Waals surface area (Å²) in [4.78, 5) is 21.1. The van der Waals surface area contributed by atoms with Crippen LogP contribution in [0.15, 0.2) is 78.3 Å². The third-order valence-electron chi connectivity index (χ3n) is 4.18. The maximum atomic E-state index is 12.6. The predicted octanol–water partition coefficient (Wildman–Crippen LogP) is 3.71. The van der Waals surface area contributed by atoms with Crippen molar-refractivity contribution in [1.29, 1.82) is 0 Å². The van der Waals surface area contributed by atoms with Crippen molar-refractivity contribution in [2.24, 2.45) is 0 Å². The molecule has 2 aromatic heterocycles. The number of thioether (sulfide) groups is 1. The fraction of sp³-hybridized carbons (Fsp3) is 0.0952. The quantitative estimate of drug-likeness (QED) is 0.344. The molecule has 0 saturated heterocycles. The van der Waals surface area contributed by atoms with Crippen LogP contribution in [-0.2, 0) is 0 Å². The Morgan fingerprint density at radius 2 is 1.83 bits per heavy atom. The van der Waals surface area contributed by atoms with Gasteiger partial charge >= 0.3 is 0 Å². The second-order valence-corrected chi connectivity index (χ2v) is 6.95. The van der Waals surface area contributed by atoms with E-state index >= 15 is 0 Å². The molecule has 0 fully saturated rings. The summed E-state index contributed by atoms with van der Waals surface area (Å²) in [5, 5.41) is 9.21. The molecule has 0 saturated carbocycles. The molecule has 7 nitrogen and oxygen atoms in total. The number of benzene rings is 2. The Morgan fingerprint density at radius 3 is 2.52 bits per heavy atom. The van der Waals surface area contributed by atoms with Crippen molar-refractivity contribution in [1.82, 2.24) is 24.7 Å². The van der Waals surface area contributed by atoms with Crippen molar-refractivity contribution in [3.05, 3.63) is 78.8 Å². The van der Waals surface area contributed by atoms with Gasteiger partial charge in [0, 0.05) is 23.6 Å². The average molecular weight is 403 g/mol. The van der Waals surface area contributed by atoms with Gasteiger partial charge in [0.1, 0.15) is 11.4 Å². The SMILES string of the molecule is COc1ccc(C(=O)CSc2nnc(-c3cnccn3)n2-c2ccccc2)cc1. The van der Waals surface area contributed by atoms with E-state index in [4.69, 9.17) is 4.74 Å². The topological polar surface area (TPSA) is 82.8 Å². The summed E-state index contributed by atoms with van der Waals surface area (Å²) in [6.07, 6.45) is 4.86. The van der Waals surface area contributed by atoms with Crippen LogP contribution in [-0.4, -0.2) is 43.4 Å². The van der Waals surface area contributed by atoms with Crippen LogP contribution in [0.1, 0.15) is 10.4 Å². The molecule has 0 bridgehead atoms. The van der Waals surface area contributed by atoms with Gasteiger partial charge in [-0.25, -0.2) is 4.98 Å². The summed E-state index contributed by atoms with van der Waals surface area (Å²) in [7, 11) is 1.60. The Bertz CT molecular complexity index is 1100. The van der Waals surface area contributed by atoms with Crippen LogP contribution in [0.4, 0.5) is 0 Å². The fourth-order valence-electron chi connectivity index (χ4n) is 2.74.